The number of aromatic hydroxyl groups is 1. The Morgan fingerprint density at radius 1 is 1.03 bits per heavy atom. The van der Waals surface area contributed by atoms with Crippen molar-refractivity contribution in [2.75, 3.05) is 51.7 Å². The molecule has 18 nitrogen and oxygen atoms in total. The van der Waals surface area contributed by atoms with E-state index in [0.717, 1.165) is 10.4 Å². The van der Waals surface area contributed by atoms with Gasteiger partial charge in [0.15, 0.2) is 11.4 Å². The molecule has 1 fully saturated rings. The molecule has 3 aromatic rings. The third kappa shape index (κ3) is 7.01. The standard InChI is InChI=1S/C41H48N6O12/c1-40(2,3)47(39(56)59-18-58-38(55)22-16-46(8)25-12-10-9-11-20(22)25)17-27(48)43-24-15-26(44(4)5)21-13-19-14-23-31(45(6)7)34(51)30(37(42)54)36(53)41(23,57)35(52)28(19)33(50)29(21)32(24)49/h9-12,15-16,19,23,31,49-50,53,57H,13-14,17-18H2,1-8H3,(H2,42,54)(H,43,48)/t19-,23-,31-,41-/m0/s1. The van der Waals surface area contributed by atoms with Crippen LogP contribution >= 0.6 is 0 Å². The van der Waals surface area contributed by atoms with Crippen LogP contribution in [0.4, 0.5) is 16.2 Å². The molecule has 3 aliphatic rings. The fourth-order valence-corrected chi connectivity index (χ4v) is 8.49. The highest BCUT2D eigenvalue weighted by atomic mass is 16.7. The minimum Gasteiger partial charge on any atom is -0.508 e. The molecular weight excluding hydrogens is 768 g/mol. The summed E-state index contributed by atoms with van der Waals surface area (Å²) in [6.07, 6.45) is 0.541. The number of fused-ring (bicyclic) bond motifs is 4. The molecular formula is C41H48N6O12. The zero-order valence-corrected chi connectivity index (χ0v) is 33.9. The summed E-state index contributed by atoms with van der Waals surface area (Å²) < 4.78 is 12.3. The molecule has 59 heavy (non-hydrogen) atoms. The van der Waals surface area contributed by atoms with Crippen molar-refractivity contribution in [2.24, 2.45) is 24.6 Å². The quantitative estimate of drug-likeness (QED) is 0.0786. The van der Waals surface area contributed by atoms with Crippen LogP contribution in [-0.4, -0.2) is 129 Å². The second-order valence-corrected chi connectivity index (χ2v) is 16.4. The molecule has 0 saturated heterocycles. The molecule has 1 saturated carbocycles. The van der Waals surface area contributed by atoms with Gasteiger partial charge in [-0.2, -0.15) is 0 Å². The number of anilines is 2. The number of ketones is 2. The summed E-state index contributed by atoms with van der Waals surface area (Å²) >= 11 is 0. The van der Waals surface area contributed by atoms with Gasteiger partial charge in [0, 0.05) is 61.0 Å². The summed E-state index contributed by atoms with van der Waals surface area (Å²) in [5, 5.41) is 49.8. The number of nitrogens with two attached hydrogens (primary N) is 1. The number of phenols is 1. The molecule has 314 valence electrons. The van der Waals surface area contributed by atoms with Crippen LogP contribution < -0.4 is 16.0 Å². The number of esters is 1. The molecule has 0 bridgehead atoms. The van der Waals surface area contributed by atoms with Gasteiger partial charge in [0.05, 0.1) is 22.9 Å². The number of benzene rings is 2. The number of aromatic nitrogens is 1. The molecule has 3 aliphatic carbocycles. The summed E-state index contributed by atoms with van der Waals surface area (Å²) in [6, 6.07) is 7.43. The zero-order chi connectivity index (χ0) is 43.6. The van der Waals surface area contributed by atoms with Crippen molar-refractivity contribution in [1.82, 2.24) is 14.4 Å². The number of aryl methyl sites for hydroxylation is 1. The number of nitrogens with zero attached hydrogens (tertiary/aromatic N) is 4. The molecule has 7 N–H and O–H groups in total. The van der Waals surface area contributed by atoms with E-state index in [1.54, 1.807) is 69.7 Å². The highest BCUT2D eigenvalue weighted by Crippen LogP contribution is 2.54. The van der Waals surface area contributed by atoms with E-state index in [1.807, 2.05) is 12.1 Å². The topological polar surface area (TPSA) is 254 Å². The number of para-hydroxylation sites is 1. The van der Waals surface area contributed by atoms with Crippen molar-refractivity contribution in [3.8, 4) is 5.75 Å². The maximum atomic E-state index is 14.3. The van der Waals surface area contributed by atoms with Gasteiger partial charge in [-0.15, -0.1) is 0 Å². The van der Waals surface area contributed by atoms with Crippen LogP contribution in [0.5, 0.6) is 5.75 Å². The van der Waals surface area contributed by atoms with Crippen LogP contribution in [0.2, 0.25) is 0 Å². The van der Waals surface area contributed by atoms with Gasteiger partial charge in [-0.1, -0.05) is 18.2 Å². The number of nitrogens with one attached hydrogen (secondary N) is 1. The maximum absolute atomic E-state index is 14.3. The lowest BCUT2D eigenvalue weighted by Crippen LogP contribution is -2.65. The highest BCUT2D eigenvalue weighted by molar-refractivity contribution is 6.24. The van der Waals surface area contributed by atoms with Gasteiger partial charge in [-0.3, -0.25) is 29.0 Å². The van der Waals surface area contributed by atoms with Gasteiger partial charge in [-0.05, 0) is 71.3 Å². The van der Waals surface area contributed by atoms with E-state index >= 15 is 0 Å². The minimum absolute atomic E-state index is 0.0263. The number of hydrogen-bond donors (Lipinski definition) is 6. The maximum Gasteiger partial charge on any atom is 0.413 e. The number of Topliss-reactive ketones (excluding diaryl/α,β-unsaturated/α-hetero) is 2. The first kappa shape index (κ1) is 42.2. The number of rotatable bonds is 9. The largest absolute Gasteiger partial charge is 0.508 e. The lowest BCUT2D eigenvalue weighted by atomic mass is 9.57. The van der Waals surface area contributed by atoms with Crippen molar-refractivity contribution >= 4 is 63.5 Å². The molecule has 3 amide bonds. The van der Waals surface area contributed by atoms with Crippen molar-refractivity contribution in [3.63, 3.8) is 0 Å². The number of amides is 3. The second-order valence-electron chi connectivity index (χ2n) is 16.4. The predicted octanol–water partition coefficient (Wildman–Crippen LogP) is 2.51. The number of ether oxygens (including phenoxy) is 2. The van der Waals surface area contributed by atoms with E-state index in [1.165, 1.54) is 25.1 Å². The van der Waals surface area contributed by atoms with Crippen LogP contribution in [0, 0.1) is 11.8 Å². The fraction of sp³-hybridized carbons (Fsp3) is 0.415. The van der Waals surface area contributed by atoms with Crippen LogP contribution in [0.1, 0.15) is 48.7 Å². The number of phenolic OH excluding ortho intramolecular Hbond substituents is 1. The number of primary amides is 1. The number of carbonyl (C=O) groups is 6. The summed E-state index contributed by atoms with van der Waals surface area (Å²) in [7, 11) is 8.16. The van der Waals surface area contributed by atoms with E-state index in [4.69, 9.17) is 15.2 Å². The predicted molar refractivity (Wildman–Crippen MR) is 213 cm³/mol. The normalized spacial score (nSPS) is 21.5. The Balaban J connectivity index is 1.27. The Labute approximate surface area is 339 Å². The summed E-state index contributed by atoms with van der Waals surface area (Å²) in [6.45, 7) is 3.58. The fourth-order valence-electron chi connectivity index (χ4n) is 8.49. The van der Waals surface area contributed by atoms with Gasteiger partial charge in [0.2, 0.25) is 18.5 Å². The number of hydrogen-bond acceptors (Lipinski definition) is 14. The summed E-state index contributed by atoms with van der Waals surface area (Å²) in [4.78, 5) is 84.0. The monoisotopic (exact) mass is 816 g/mol. The highest BCUT2D eigenvalue weighted by Gasteiger charge is 2.64. The zero-order valence-electron chi connectivity index (χ0n) is 33.9. The minimum atomic E-state index is -2.82. The van der Waals surface area contributed by atoms with E-state index in [-0.39, 0.29) is 35.2 Å². The number of aliphatic hydroxyl groups excluding tert-OH is 2. The Kier molecular flexibility index (Phi) is 10.8. The Morgan fingerprint density at radius 2 is 1.69 bits per heavy atom. The van der Waals surface area contributed by atoms with Gasteiger partial charge in [0.25, 0.3) is 5.91 Å². The number of aliphatic hydroxyl groups is 3. The molecule has 1 aromatic heterocycles. The molecule has 4 atom stereocenters. The first-order valence-corrected chi connectivity index (χ1v) is 18.7. The first-order chi connectivity index (χ1) is 27.5. The Morgan fingerprint density at radius 3 is 2.31 bits per heavy atom. The molecule has 18 heteroatoms. The Bertz CT molecular complexity index is 2390. The van der Waals surface area contributed by atoms with E-state index < -0.39 is 101 Å². The lowest BCUT2D eigenvalue weighted by Gasteiger charge is -2.50. The molecule has 0 radical (unpaired) electrons. The number of carbonyl (C=O) groups excluding carboxylic acids is 6. The summed E-state index contributed by atoms with van der Waals surface area (Å²) in [5.41, 5.74) is 1.76. The van der Waals surface area contributed by atoms with Crippen molar-refractivity contribution in [3.05, 3.63) is 70.1 Å². The van der Waals surface area contributed by atoms with E-state index in [0.29, 0.717) is 16.6 Å². The van der Waals surface area contributed by atoms with E-state index in [2.05, 4.69) is 5.32 Å². The van der Waals surface area contributed by atoms with Crippen molar-refractivity contribution in [2.45, 2.75) is 50.8 Å². The molecule has 0 unspecified atom stereocenters. The van der Waals surface area contributed by atoms with E-state index in [9.17, 15) is 49.2 Å². The molecule has 0 aliphatic heterocycles. The molecule has 6 rings (SSSR count). The van der Waals surface area contributed by atoms with Gasteiger partial charge < -0.3 is 50.4 Å². The smallest absolute Gasteiger partial charge is 0.413 e. The number of likely N-dealkylation sites (N-methyl/N-ethyl adjacent to an activating group) is 1. The average Bonchev–Trinajstić information content (AvgIpc) is 3.48. The van der Waals surface area contributed by atoms with Gasteiger partial charge in [-0.25, -0.2) is 9.59 Å². The third-order valence-electron chi connectivity index (χ3n) is 11.3. The SMILES string of the molecule is CN(C)c1cc(NC(=O)CN(C(=O)OCOC(=O)c2cn(C)c3ccccc23)C(C)(C)C)c(O)c2c1C[C@H]1C[C@H]3[C@H](N(C)C)C(=O)C(C(N)=O)=C(O)[C@@]3(O)C(=O)C1=C2O. The molecule has 1 heterocycles. The van der Waals surface area contributed by atoms with Crippen molar-refractivity contribution < 1.29 is 58.7 Å². The van der Waals surface area contributed by atoms with Crippen LogP contribution in [-0.2, 0) is 42.1 Å². The summed E-state index contributed by atoms with van der Waals surface area (Å²) in [5.74, 6) is -9.56. The van der Waals surface area contributed by atoms with Gasteiger partial charge in [0.1, 0.15) is 29.4 Å². The van der Waals surface area contributed by atoms with Gasteiger partial charge >= 0.3 is 12.1 Å². The van der Waals surface area contributed by atoms with Crippen LogP contribution in [0.25, 0.3) is 16.7 Å². The Hall–Kier alpha value is -6.40. The lowest BCUT2D eigenvalue weighted by molar-refractivity contribution is -0.153. The van der Waals surface area contributed by atoms with Crippen LogP contribution in [0.3, 0.4) is 0 Å². The molecule has 2 aromatic carbocycles. The second kappa shape index (κ2) is 15.1. The third-order valence-corrected chi connectivity index (χ3v) is 11.3. The van der Waals surface area contributed by atoms with Crippen molar-refractivity contribution in [1.29, 1.82) is 0 Å². The average molecular weight is 817 g/mol. The van der Waals surface area contributed by atoms with Crippen LogP contribution in [0.15, 0.2) is 53.4 Å². The molecule has 0 spiro atoms. The first-order valence-electron chi connectivity index (χ1n) is 18.7.